The van der Waals surface area contributed by atoms with Gasteiger partial charge in [0.25, 0.3) is 5.69 Å². The molecule has 0 unspecified atom stereocenters. The second-order valence-corrected chi connectivity index (χ2v) is 8.40. The fourth-order valence-corrected chi connectivity index (χ4v) is 4.15. The van der Waals surface area contributed by atoms with Crippen molar-refractivity contribution < 1.29 is 19.3 Å². The predicted octanol–water partition coefficient (Wildman–Crippen LogP) is 6.45. The Balaban J connectivity index is 1.52. The number of hydrogen-bond donors (Lipinski definition) is 1. The van der Waals surface area contributed by atoms with E-state index in [-0.39, 0.29) is 11.4 Å². The van der Waals surface area contributed by atoms with Gasteiger partial charge in [-0.1, -0.05) is 42.5 Å². The molecule has 4 aromatic rings. The van der Waals surface area contributed by atoms with Crippen LogP contribution in [0.1, 0.15) is 11.1 Å². The third kappa shape index (κ3) is 5.41. The lowest BCUT2D eigenvalue weighted by Gasteiger charge is -2.14. The van der Waals surface area contributed by atoms with Crippen LogP contribution in [0.25, 0.3) is 10.8 Å². The molecule has 0 bridgehead atoms. The summed E-state index contributed by atoms with van der Waals surface area (Å²) in [6, 6.07) is 20.8. The quantitative estimate of drug-likeness (QED) is 0.144. The average Bonchev–Trinajstić information content (AvgIpc) is 2.87. The number of nitro groups is 2. The van der Waals surface area contributed by atoms with Gasteiger partial charge in [0, 0.05) is 6.07 Å². The first-order chi connectivity index (χ1) is 17.4. The third-order valence-electron chi connectivity index (χ3n) is 5.29. The molecule has 0 saturated heterocycles. The molecule has 4 aromatic carbocycles. The summed E-state index contributed by atoms with van der Waals surface area (Å²) < 4.78 is 12.2. The smallest absolute Gasteiger partial charge is 0.301 e. The van der Waals surface area contributed by atoms with Crippen molar-refractivity contribution in [2.45, 2.75) is 6.61 Å². The number of non-ortho nitro benzene ring substituents is 1. The number of hydrogen-bond acceptors (Lipinski definition) is 8. The number of fused-ring (bicyclic) bond motifs is 1. The zero-order valence-electron chi connectivity index (χ0n) is 18.9. The highest BCUT2D eigenvalue weighted by Crippen LogP contribution is 2.37. The number of nitrogens with one attached hydrogen (secondary N) is 1. The van der Waals surface area contributed by atoms with E-state index >= 15 is 0 Å². The molecule has 0 amide bonds. The number of hydrazone groups is 1. The highest BCUT2D eigenvalue weighted by Gasteiger charge is 2.19. The number of benzene rings is 4. The molecule has 10 nitrogen and oxygen atoms in total. The average molecular weight is 551 g/mol. The van der Waals surface area contributed by atoms with Crippen molar-refractivity contribution in [2.24, 2.45) is 5.10 Å². The normalized spacial score (nSPS) is 10.9. The molecule has 0 atom stereocenters. The van der Waals surface area contributed by atoms with Crippen molar-refractivity contribution in [3.8, 4) is 11.5 Å². The van der Waals surface area contributed by atoms with Crippen molar-refractivity contribution in [3.05, 3.63) is 109 Å². The van der Waals surface area contributed by atoms with Gasteiger partial charge in [-0.25, -0.2) is 0 Å². The van der Waals surface area contributed by atoms with Crippen LogP contribution in [0.15, 0.2) is 82.4 Å². The second kappa shape index (κ2) is 10.8. The standard InChI is InChI=1S/C25H19BrN4O6/c1-35-24-12-16(14-27-28-22-10-9-19(29(31)32)13-23(22)30(33)34)11-21(26)25(24)36-15-18-7-4-6-17-5-2-3-8-20(17)18/h2-14,28H,15H2,1H3/b27-14+. The summed E-state index contributed by atoms with van der Waals surface area (Å²) in [5.74, 6) is 0.980. The maximum atomic E-state index is 11.3. The van der Waals surface area contributed by atoms with Crippen LogP contribution in [0.3, 0.4) is 0 Å². The summed E-state index contributed by atoms with van der Waals surface area (Å²) in [4.78, 5) is 20.8. The van der Waals surface area contributed by atoms with Crippen LogP contribution >= 0.6 is 15.9 Å². The Labute approximate surface area is 213 Å². The summed E-state index contributed by atoms with van der Waals surface area (Å²) in [6.45, 7) is 0.328. The first-order valence-electron chi connectivity index (χ1n) is 10.6. The molecule has 0 saturated carbocycles. The fraction of sp³-hybridized carbons (Fsp3) is 0.0800. The molecule has 11 heteroatoms. The molecule has 0 spiro atoms. The van der Waals surface area contributed by atoms with Crippen molar-refractivity contribution >= 4 is 50.0 Å². The van der Waals surface area contributed by atoms with E-state index in [9.17, 15) is 20.2 Å². The molecule has 0 fully saturated rings. The fourth-order valence-electron chi connectivity index (χ4n) is 3.58. The molecule has 0 aliphatic rings. The number of rotatable bonds is 9. The summed E-state index contributed by atoms with van der Waals surface area (Å²) in [7, 11) is 1.52. The molecular formula is C25H19BrN4O6. The lowest BCUT2D eigenvalue weighted by Crippen LogP contribution is -2.01. The molecule has 36 heavy (non-hydrogen) atoms. The van der Waals surface area contributed by atoms with E-state index in [4.69, 9.17) is 9.47 Å². The third-order valence-corrected chi connectivity index (χ3v) is 5.88. The van der Waals surface area contributed by atoms with Crippen LogP contribution in [-0.2, 0) is 6.61 Å². The SMILES string of the molecule is COc1cc(/C=N/Nc2ccc([N+](=O)[O-])cc2[N+](=O)[O-])cc(Br)c1OCc1cccc2ccccc12. The first kappa shape index (κ1) is 24.6. The lowest BCUT2D eigenvalue weighted by molar-refractivity contribution is -0.393. The molecule has 0 aromatic heterocycles. The van der Waals surface area contributed by atoms with Crippen LogP contribution in [0.5, 0.6) is 11.5 Å². The summed E-state index contributed by atoms with van der Waals surface area (Å²) in [5.41, 5.74) is 3.38. The number of ether oxygens (including phenoxy) is 2. The predicted molar refractivity (Wildman–Crippen MR) is 140 cm³/mol. The van der Waals surface area contributed by atoms with Gasteiger partial charge in [0.2, 0.25) is 0 Å². The lowest BCUT2D eigenvalue weighted by atomic mass is 10.1. The first-order valence-corrected chi connectivity index (χ1v) is 11.4. The van der Waals surface area contributed by atoms with Crippen molar-refractivity contribution in [1.82, 2.24) is 0 Å². The summed E-state index contributed by atoms with van der Waals surface area (Å²) in [6.07, 6.45) is 1.44. The minimum Gasteiger partial charge on any atom is -0.493 e. The maximum absolute atomic E-state index is 11.3. The van der Waals surface area contributed by atoms with Crippen molar-refractivity contribution in [3.63, 3.8) is 0 Å². The minimum absolute atomic E-state index is 0.0166. The van der Waals surface area contributed by atoms with E-state index in [2.05, 4.69) is 26.5 Å². The van der Waals surface area contributed by atoms with Gasteiger partial charge in [0.1, 0.15) is 12.3 Å². The van der Waals surface area contributed by atoms with Crippen LogP contribution < -0.4 is 14.9 Å². The Bertz CT molecular complexity index is 1490. The van der Waals surface area contributed by atoms with E-state index in [0.29, 0.717) is 28.1 Å². The van der Waals surface area contributed by atoms with Gasteiger partial charge in [-0.05, 0) is 56.0 Å². The monoisotopic (exact) mass is 550 g/mol. The van der Waals surface area contributed by atoms with Crippen molar-refractivity contribution in [1.29, 1.82) is 0 Å². The highest BCUT2D eigenvalue weighted by molar-refractivity contribution is 9.10. The number of halogens is 1. The summed E-state index contributed by atoms with van der Waals surface area (Å²) >= 11 is 3.51. The number of anilines is 1. The van der Waals surface area contributed by atoms with E-state index in [1.807, 2.05) is 42.5 Å². The highest BCUT2D eigenvalue weighted by atomic mass is 79.9. The number of methoxy groups -OCH3 is 1. The molecule has 0 aliphatic heterocycles. The maximum Gasteiger partial charge on any atom is 0.301 e. The van der Waals surface area contributed by atoms with Crippen LogP contribution in [0.2, 0.25) is 0 Å². The molecule has 0 radical (unpaired) electrons. The number of nitrogens with zero attached hydrogens (tertiary/aromatic N) is 3. The minimum atomic E-state index is -0.716. The molecule has 0 aliphatic carbocycles. The Hall–Kier alpha value is -4.51. The largest absolute Gasteiger partial charge is 0.493 e. The van der Waals surface area contributed by atoms with Gasteiger partial charge >= 0.3 is 5.69 Å². The number of nitro benzene ring substituents is 2. The van der Waals surface area contributed by atoms with E-state index in [1.54, 1.807) is 12.1 Å². The van der Waals surface area contributed by atoms with Gasteiger partial charge in [0.15, 0.2) is 11.5 Å². The van der Waals surface area contributed by atoms with E-state index in [1.165, 1.54) is 19.4 Å². The van der Waals surface area contributed by atoms with Crippen LogP contribution in [0, 0.1) is 20.2 Å². The summed E-state index contributed by atoms with van der Waals surface area (Å²) in [5, 5.41) is 28.4. The van der Waals surface area contributed by atoms with Crippen molar-refractivity contribution in [2.75, 3.05) is 12.5 Å². The Morgan fingerprint density at radius 3 is 2.53 bits per heavy atom. The molecule has 182 valence electrons. The van der Waals surface area contributed by atoms with Crippen LogP contribution in [0.4, 0.5) is 17.1 Å². The van der Waals surface area contributed by atoms with Gasteiger partial charge in [-0.3, -0.25) is 25.7 Å². The second-order valence-electron chi connectivity index (χ2n) is 7.55. The topological polar surface area (TPSA) is 129 Å². The Morgan fingerprint density at radius 1 is 1.00 bits per heavy atom. The van der Waals surface area contributed by atoms with E-state index in [0.717, 1.165) is 28.5 Å². The van der Waals surface area contributed by atoms with Gasteiger partial charge < -0.3 is 9.47 Å². The van der Waals surface area contributed by atoms with Gasteiger partial charge in [-0.15, -0.1) is 0 Å². The Morgan fingerprint density at radius 2 is 1.78 bits per heavy atom. The molecule has 4 rings (SSSR count). The molecular weight excluding hydrogens is 532 g/mol. The van der Waals surface area contributed by atoms with Crippen LogP contribution in [-0.4, -0.2) is 23.2 Å². The van der Waals surface area contributed by atoms with E-state index < -0.39 is 15.5 Å². The Kier molecular flexibility index (Phi) is 7.40. The molecule has 1 N–H and O–H groups in total. The van der Waals surface area contributed by atoms with Gasteiger partial charge in [-0.2, -0.15) is 5.10 Å². The zero-order chi connectivity index (χ0) is 25.7. The van der Waals surface area contributed by atoms with Gasteiger partial charge in [0.05, 0.1) is 33.7 Å². The zero-order valence-corrected chi connectivity index (χ0v) is 20.5. The molecule has 0 heterocycles.